The van der Waals surface area contributed by atoms with Gasteiger partial charge in [0.15, 0.2) is 5.49 Å². The maximum absolute atomic E-state index is 13.2. The summed E-state index contributed by atoms with van der Waals surface area (Å²) in [7, 11) is 0. The Morgan fingerprint density at radius 2 is 1.78 bits per heavy atom. The Kier molecular flexibility index (Phi) is 5.23. The van der Waals surface area contributed by atoms with Crippen molar-refractivity contribution in [2.24, 2.45) is 4.99 Å². The van der Waals surface area contributed by atoms with Gasteiger partial charge in [-0.1, -0.05) is 23.3 Å². The van der Waals surface area contributed by atoms with Gasteiger partial charge in [0.25, 0.3) is 11.5 Å². The Morgan fingerprint density at radius 1 is 1.09 bits per heavy atom. The third-order valence-corrected chi connectivity index (χ3v) is 5.36. The zero-order valence-electron chi connectivity index (χ0n) is 18.7. The van der Waals surface area contributed by atoms with Crippen molar-refractivity contribution in [1.82, 2.24) is 14.0 Å². The van der Waals surface area contributed by atoms with E-state index in [1.54, 1.807) is 29.0 Å². The summed E-state index contributed by atoms with van der Waals surface area (Å²) in [5.41, 5.74) is 4.19. The van der Waals surface area contributed by atoms with E-state index >= 15 is 0 Å². The zero-order chi connectivity index (χ0) is 23.2. The van der Waals surface area contributed by atoms with E-state index in [1.807, 2.05) is 46.8 Å². The lowest BCUT2D eigenvalue weighted by molar-refractivity contribution is 0.0997. The molecule has 4 rings (SSSR count). The fraction of sp³-hybridized carbons (Fsp3) is 0.240. The molecule has 0 unspecified atom stereocenters. The van der Waals surface area contributed by atoms with Gasteiger partial charge in [0.1, 0.15) is 17.4 Å². The molecule has 160 valence electrons. The van der Waals surface area contributed by atoms with Crippen LogP contribution in [0.5, 0.6) is 0 Å². The molecule has 0 radical (unpaired) electrons. The number of hydrogen-bond acceptors (Lipinski definition) is 4. The van der Waals surface area contributed by atoms with Crippen LogP contribution in [-0.2, 0) is 0 Å². The van der Waals surface area contributed by atoms with Crippen molar-refractivity contribution in [3.8, 4) is 6.07 Å². The number of nitrogens with zero attached hydrogens (tertiary/aromatic N) is 5. The molecule has 1 aromatic carbocycles. The number of carbonyl (C=O) groups is 1. The highest BCUT2D eigenvalue weighted by molar-refractivity contribution is 5.95. The minimum absolute atomic E-state index is 0.149. The van der Waals surface area contributed by atoms with Crippen molar-refractivity contribution in [3.05, 3.63) is 86.3 Å². The fourth-order valence-electron chi connectivity index (χ4n) is 3.99. The second-order valence-corrected chi connectivity index (χ2v) is 8.29. The predicted octanol–water partition coefficient (Wildman–Crippen LogP) is 3.77. The number of pyridine rings is 2. The van der Waals surface area contributed by atoms with Crippen molar-refractivity contribution < 1.29 is 4.79 Å². The lowest BCUT2D eigenvalue weighted by Crippen LogP contribution is -2.30. The summed E-state index contributed by atoms with van der Waals surface area (Å²) in [4.78, 5) is 35.4. The number of aromatic nitrogens is 3. The summed E-state index contributed by atoms with van der Waals surface area (Å²) >= 11 is 0. The molecule has 0 saturated carbocycles. The van der Waals surface area contributed by atoms with Gasteiger partial charge in [-0.3, -0.25) is 14.0 Å². The molecule has 0 atom stereocenters. The van der Waals surface area contributed by atoms with Crippen LogP contribution < -0.4 is 11.0 Å². The summed E-state index contributed by atoms with van der Waals surface area (Å²) in [6.45, 7) is 9.52. The Hall–Kier alpha value is -4.05. The number of hydrogen-bond donors (Lipinski definition) is 0. The van der Waals surface area contributed by atoms with E-state index in [9.17, 15) is 14.9 Å². The summed E-state index contributed by atoms with van der Waals surface area (Å²) in [5.74, 6) is -0.448. The topological polar surface area (TPSA) is 92.5 Å². The Labute approximate surface area is 184 Å². The SMILES string of the molecule is Cc1cc(C)cc(C(=O)N=c2c(C#N)cc3c(=O)n4cccc(C)c4nc3n2C(C)C)c1. The minimum Gasteiger partial charge on any atom is -0.306 e. The molecule has 0 fully saturated rings. The molecule has 0 saturated heterocycles. The van der Waals surface area contributed by atoms with E-state index in [0.717, 1.165) is 16.7 Å². The molecule has 1 amide bonds. The van der Waals surface area contributed by atoms with E-state index in [-0.39, 0.29) is 22.7 Å². The number of benzene rings is 1. The van der Waals surface area contributed by atoms with E-state index < -0.39 is 5.91 Å². The molecule has 0 spiro atoms. The standard InChI is InChI=1S/C25H23N5O2/c1-14(2)30-22(28-24(31)18-10-15(3)9-16(4)11-18)19(13-26)12-20-23(30)27-21-17(5)7-6-8-29(21)25(20)32/h6-12,14H,1-5H3. The molecule has 32 heavy (non-hydrogen) atoms. The van der Waals surface area contributed by atoms with Gasteiger partial charge in [0, 0.05) is 17.8 Å². The molecule has 0 aliphatic heterocycles. The molecule has 0 bridgehead atoms. The molecule has 0 N–H and O–H groups in total. The van der Waals surface area contributed by atoms with Gasteiger partial charge in [0.2, 0.25) is 0 Å². The van der Waals surface area contributed by atoms with Crippen LogP contribution in [0.4, 0.5) is 0 Å². The van der Waals surface area contributed by atoms with Crippen LogP contribution in [0.25, 0.3) is 16.7 Å². The number of amides is 1. The molecule has 4 aromatic rings. The van der Waals surface area contributed by atoms with Crippen LogP contribution in [0.3, 0.4) is 0 Å². The van der Waals surface area contributed by atoms with Gasteiger partial charge in [-0.05, 0) is 64.4 Å². The molecule has 7 heteroatoms. The molecule has 0 aliphatic carbocycles. The first-order valence-corrected chi connectivity index (χ1v) is 10.4. The monoisotopic (exact) mass is 425 g/mol. The number of carbonyl (C=O) groups excluding carboxylic acids is 1. The van der Waals surface area contributed by atoms with E-state index in [1.165, 1.54) is 10.5 Å². The first-order valence-electron chi connectivity index (χ1n) is 10.4. The largest absolute Gasteiger partial charge is 0.306 e. The van der Waals surface area contributed by atoms with Gasteiger partial charge in [-0.25, -0.2) is 4.98 Å². The quantitative estimate of drug-likeness (QED) is 0.457. The number of nitriles is 1. The summed E-state index contributed by atoms with van der Waals surface area (Å²) in [6, 6.07) is 12.6. The normalized spacial score (nSPS) is 12.0. The smallest absolute Gasteiger partial charge is 0.279 e. The maximum Gasteiger partial charge on any atom is 0.279 e. The molecular formula is C25H23N5O2. The summed E-state index contributed by atoms with van der Waals surface area (Å²) in [5, 5.41) is 10.1. The summed E-state index contributed by atoms with van der Waals surface area (Å²) < 4.78 is 3.17. The zero-order valence-corrected chi connectivity index (χ0v) is 18.7. The number of aryl methyl sites for hydroxylation is 3. The van der Waals surface area contributed by atoms with E-state index in [0.29, 0.717) is 22.2 Å². The van der Waals surface area contributed by atoms with Crippen LogP contribution in [-0.4, -0.2) is 19.9 Å². The lowest BCUT2D eigenvalue weighted by atomic mass is 10.1. The highest BCUT2D eigenvalue weighted by atomic mass is 16.1. The van der Waals surface area contributed by atoms with Crippen molar-refractivity contribution in [2.45, 2.75) is 40.7 Å². The number of fused-ring (bicyclic) bond motifs is 2. The van der Waals surface area contributed by atoms with Crippen molar-refractivity contribution in [1.29, 1.82) is 5.26 Å². The highest BCUT2D eigenvalue weighted by Gasteiger charge is 2.17. The van der Waals surface area contributed by atoms with Crippen LogP contribution >= 0.6 is 0 Å². The van der Waals surface area contributed by atoms with Crippen LogP contribution in [0.1, 0.15) is 52.5 Å². The highest BCUT2D eigenvalue weighted by Crippen LogP contribution is 2.16. The third-order valence-electron chi connectivity index (χ3n) is 5.36. The van der Waals surface area contributed by atoms with Crippen LogP contribution in [0, 0.1) is 32.1 Å². The lowest BCUT2D eigenvalue weighted by Gasteiger charge is -2.17. The van der Waals surface area contributed by atoms with Crippen molar-refractivity contribution >= 4 is 22.6 Å². The predicted molar refractivity (Wildman–Crippen MR) is 123 cm³/mol. The molecular weight excluding hydrogens is 402 g/mol. The van der Waals surface area contributed by atoms with Gasteiger partial charge >= 0.3 is 0 Å². The Bertz CT molecular complexity index is 1560. The van der Waals surface area contributed by atoms with E-state index in [2.05, 4.69) is 11.1 Å². The van der Waals surface area contributed by atoms with Crippen LogP contribution in [0.15, 0.2) is 52.4 Å². The van der Waals surface area contributed by atoms with Crippen molar-refractivity contribution in [3.63, 3.8) is 0 Å². The average Bonchev–Trinajstić information content (AvgIpc) is 2.73. The minimum atomic E-state index is -0.448. The molecule has 3 heterocycles. The fourth-order valence-corrected chi connectivity index (χ4v) is 3.99. The van der Waals surface area contributed by atoms with Gasteiger partial charge < -0.3 is 4.57 Å². The van der Waals surface area contributed by atoms with Crippen molar-refractivity contribution in [2.75, 3.05) is 0 Å². The third kappa shape index (κ3) is 3.50. The number of rotatable bonds is 2. The molecule has 7 nitrogen and oxygen atoms in total. The molecule has 0 aliphatic rings. The second kappa shape index (κ2) is 7.89. The Morgan fingerprint density at radius 3 is 2.41 bits per heavy atom. The van der Waals surface area contributed by atoms with Gasteiger partial charge in [-0.2, -0.15) is 10.3 Å². The average molecular weight is 425 g/mol. The maximum atomic E-state index is 13.2. The Balaban J connectivity index is 2.14. The second-order valence-electron chi connectivity index (χ2n) is 8.29. The molecule has 3 aromatic heterocycles. The first kappa shape index (κ1) is 21.2. The van der Waals surface area contributed by atoms with E-state index in [4.69, 9.17) is 4.98 Å². The van der Waals surface area contributed by atoms with Gasteiger partial charge in [0.05, 0.1) is 10.9 Å². The van der Waals surface area contributed by atoms with Crippen LogP contribution in [0.2, 0.25) is 0 Å². The summed E-state index contributed by atoms with van der Waals surface area (Å²) in [6.07, 6.45) is 1.66. The van der Waals surface area contributed by atoms with Gasteiger partial charge in [-0.15, -0.1) is 0 Å². The first-order chi connectivity index (χ1) is 15.2.